The molecule has 4 heteroatoms. The predicted molar refractivity (Wildman–Crippen MR) is 45.4 cm³/mol. The van der Waals surface area contributed by atoms with Gasteiger partial charge >= 0.3 is 0 Å². The molecule has 1 unspecified atom stereocenters. The van der Waals surface area contributed by atoms with Gasteiger partial charge in [0.05, 0.1) is 0 Å². The van der Waals surface area contributed by atoms with Crippen LogP contribution < -0.4 is 5.73 Å². The number of rotatable bonds is 2. The van der Waals surface area contributed by atoms with Gasteiger partial charge in [-0.25, -0.2) is 4.98 Å². The number of pyridine rings is 1. The van der Waals surface area contributed by atoms with Gasteiger partial charge in [-0.1, -0.05) is 0 Å². The van der Waals surface area contributed by atoms with E-state index in [0.29, 0.717) is 11.4 Å². The lowest BCUT2D eigenvalue weighted by Crippen LogP contribution is -2.02. The monoisotopic (exact) mass is 168 g/mol. The van der Waals surface area contributed by atoms with Gasteiger partial charge in [0.1, 0.15) is 5.82 Å². The summed E-state index contributed by atoms with van der Waals surface area (Å²) in [6.45, 7) is 1.81. The van der Waals surface area contributed by atoms with E-state index in [9.17, 15) is 5.11 Å². The molecule has 0 amide bonds. The number of nitrogens with two attached hydrogens (primary N) is 1. The van der Waals surface area contributed by atoms with Crippen molar-refractivity contribution in [2.75, 3.05) is 12.8 Å². The number of hydrogen-bond acceptors (Lipinski definition) is 4. The molecule has 12 heavy (non-hydrogen) atoms. The second-order valence-electron chi connectivity index (χ2n) is 2.55. The van der Waals surface area contributed by atoms with E-state index in [1.54, 1.807) is 12.1 Å². The van der Waals surface area contributed by atoms with Crippen LogP contribution in [0, 0.1) is 6.92 Å². The molecule has 3 N–H and O–H groups in total. The van der Waals surface area contributed by atoms with Crippen molar-refractivity contribution in [2.24, 2.45) is 0 Å². The van der Waals surface area contributed by atoms with Crippen LogP contribution in [0.2, 0.25) is 0 Å². The van der Waals surface area contributed by atoms with Crippen LogP contribution in [-0.4, -0.2) is 17.2 Å². The molecular formula is C8H12N2O2. The highest BCUT2D eigenvalue weighted by atomic mass is 16.6. The largest absolute Gasteiger partial charge is 0.384 e. The maximum absolute atomic E-state index is 9.27. The lowest BCUT2D eigenvalue weighted by atomic mass is 10.2. The van der Waals surface area contributed by atoms with E-state index in [4.69, 9.17) is 10.5 Å². The first-order chi connectivity index (χ1) is 5.63. The molecule has 1 aromatic rings. The number of ether oxygens (including phenoxy) is 1. The van der Waals surface area contributed by atoms with Crippen molar-refractivity contribution in [1.29, 1.82) is 0 Å². The van der Waals surface area contributed by atoms with Gasteiger partial charge in [0.25, 0.3) is 0 Å². The smallest absolute Gasteiger partial charge is 0.181 e. The summed E-state index contributed by atoms with van der Waals surface area (Å²) >= 11 is 0. The number of aryl methyl sites for hydroxylation is 1. The van der Waals surface area contributed by atoms with Crippen LogP contribution in [0.5, 0.6) is 0 Å². The van der Waals surface area contributed by atoms with Crippen LogP contribution in [0.4, 0.5) is 5.82 Å². The predicted octanol–water partition coefficient (Wildman–Crippen LogP) is 0.610. The Morgan fingerprint density at radius 2 is 2.25 bits per heavy atom. The quantitative estimate of drug-likeness (QED) is 0.635. The topological polar surface area (TPSA) is 68.4 Å². The first kappa shape index (κ1) is 8.96. The molecule has 0 saturated heterocycles. The summed E-state index contributed by atoms with van der Waals surface area (Å²) in [6, 6.07) is 3.31. The van der Waals surface area contributed by atoms with Gasteiger partial charge in [-0.2, -0.15) is 0 Å². The van der Waals surface area contributed by atoms with E-state index >= 15 is 0 Å². The van der Waals surface area contributed by atoms with E-state index < -0.39 is 6.29 Å². The molecule has 0 spiro atoms. The highest BCUT2D eigenvalue weighted by Crippen LogP contribution is 2.15. The van der Waals surface area contributed by atoms with Gasteiger partial charge in [-0.05, 0) is 19.1 Å². The fraction of sp³-hybridized carbons (Fsp3) is 0.375. The summed E-state index contributed by atoms with van der Waals surface area (Å²) in [4.78, 5) is 3.96. The molecule has 1 aromatic heterocycles. The number of aliphatic hydroxyl groups is 1. The number of methoxy groups -OCH3 is 1. The molecule has 0 saturated carbocycles. The molecule has 0 radical (unpaired) electrons. The Bertz CT molecular complexity index is 256. The number of nitrogens with zero attached hydrogens (tertiary/aromatic N) is 1. The summed E-state index contributed by atoms with van der Waals surface area (Å²) in [6.07, 6.45) is -0.922. The third-order valence-corrected chi connectivity index (χ3v) is 1.50. The van der Waals surface area contributed by atoms with Crippen LogP contribution in [-0.2, 0) is 4.74 Å². The summed E-state index contributed by atoms with van der Waals surface area (Å²) in [5, 5.41) is 9.27. The summed E-state index contributed by atoms with van der Waals surface area (Å²) in [7, 11) is 1.43. The lowest BCUT2D eigenvalue weighted by Gasteiger charge is -2.09. The van der Waals surface area contributed by atoms with E-state index in [1.807, 2.05) is 6.92 Å². The average molecular weight is 168 g/mol. The van der Waals surface area contributed by atoms with Gasteiger partial charge in [-0.15, -0.1) is 0 Å². The second-order valence-corrected chi connectivity index (χ2v) is 2.55. The number of aromatic nitrogens is 1. The number of aliphatic hydroxyl groups excluding tert-OH is 1. The average Bonchev–Trinajstić information content (AvgIpc) is 2.01. The maximum atomic E-state index is 9.27. The fourth-order valence-electron chi connectivity index (χ4n) is 1.00. The maximum Gasteiger partial charge on any atom is 0.181 e. The van der Waals surface area contributed by atoms with Crippen LogP contribution in [0.1, 0.15) is 17.5 Å². The Balaban J connectivity index is 3.00. The zero-order valence-electron chi connectivity index (χ0n) is 7.11. The SMILES string of the molecule is COC(O)c1cc(C)nc(N)c1. The Labute approximate surface area is 71.0 Å². The minimum absolute atomic E-state index is 0.390. The van der Waals surface area contributed by atoms with E-state index in [-0.39, 0.29) is 0 Å². The molecule has 0 aromatic carbocycles. The molecular weight excluding hydrogens is 156 g/mol. The standard InChI is InChI=1S/C8H12N2O2/c1-5-3-6(8(11)12-2)4-7(9)10-5/h3-4,8,11H,1-2H3,(H2,9,10). The molecule has 0 aliphatic heterocycles. The van der Waals surface area contributed by atoms with Crippen molar-refractivity contribution in [3.8, 4) is 0 Å². The highest BCUT2D eigenvalue weighted by Gasteiger charge is 2.06. The molecule has 4 nitrogen and oxygen atoms in total. The number of nitrogen functional groups attached to an aromatic ring is 1. The van der Waals surface area contributed by atoms with Crippen molar-refractivity contribution >= 4 is 5.82 Å². The van der Waals surface area contributed by atoms with Crippen molar-refractivity contribution in [1.82, 2.24) is 4.98 Å². The molecule has 0 aliphatic carbocycles. The lowest BCUT2D eigenvalue weighted by molar-refractivity contribution is -0.0769. The fourth-order valence-corrected chi connectivity index (χ4v) is 1.00. The van der Waals surface area contributed by atoms with Gasteiger partial charge in [0, 0.05) is 18.4 Å². The van der Waals surface area contributed by atoms with E-state index in [0.717, 1.165) is 5.69 Å². The summed E-state index contributed by atoms with van der Waals surface area (Å²) in [5.41, 5.74) is 6.87. The third-order valence-electron chi connectivity index (χ3n) is 1.50. The summed E-state index contributed by atoms with van der Waals surface area (Å²) in [5.74, 6) is 0.390. The zero-order valence-corrected chi connectivity index (χ0v) is 7.11. The van der Waals surface area contributed by atoms with Crippen LogP contribution in [0.15, 0.2) is 12.1 Å². The molecule has 0 aliphatic rings. The molecule has 1 atom stereocenters. The molecule has 0 bridgehead atoms. The van der Waals surface area contributed by atoms with Crippen LogP contribution in [0.25, 0.3) is 0 Å². The Morgan fingerprint density at radius 1 is 1.58 bits per heavy atom. The van der Waals surface area contributed by atoms with Gasteiger partial charge in [-0.3, -0.25) is 0 Å². The number of anilines is 1. The molecule has 66 valence electrons. The second kappa shape index (κ2) is 3.51. The van der Waals surface area contributed by atoms with Crippen LogP contribution >= 0.6 is 0 Å². The van der Waals surface area contributed by atoms with E-state index in [2.05, 4.69) is 4.98 Å². The summed E-state index contributed by atoms with van der Waals surface area (Å²) < 4.78 is 4.72. The van der Waals surface area contributed by atoms with Crippen LogP contribution in [0.3, 0.4) is 0 Å². The molecule has 1 rings (SSSR count). The first-order valence-corrected chi connectivity index (χ1v) is 3.58. The van der Waals surface area contributed by atoms with E-state index in [1.165, 1.54) is 7.11 Å². The minimum Gasteiger partial charge on any atom is -0.384 e. The van der Waals surface area contributed by atoms with Gasteiger partial charge < -0.3 is 15.6 Å². The third kappa shape index (κ3) is 1.93. The van der Waals surface area contributed by atoms with Gasteiger partial charge in [0.2, 0.25) is 0 Å². The van der Waals surface area contributed by atoms with Gasteiger partial charge in [0.15, 0.2) is 6.29 Å². The molecule has 1 heterocycles. The van der Waals surface area contributed by atoms with Crippen molar-refractivity contribution in [2.45, 2.75) is 13.2 Å². The number of hydrogen-bond donors (Lipinski definition) is 2. The van der Waals surface area contributed by atoms with Crippen molar-refractivity contribution in [3.63, 3.8) is 0 Å². The Hall–Kier alpha value is -1.13. The minimum atomic E-state index is -0.922. The normalized spacial score (nSPS) is 12.9. The van der Waals surface area contributed by atoms with Crippen molar-refractivity contribution < 1.29 is 9.84 Å². The highest BCUT2D eigenvalue weighted by molar-refractivity contribution is 5.35. The zero-order chi connectivity index (χ0) is 9.14. The Morgan fingerprint density at radius 3 is 2.75 bits per heavy atom. The Kier molecular flexibility index (Phi) is 2.62. The molecule has 0 fully saturated rings. The first-order valence-electron chi connectivity index (χ1n) is 3.58. The van der Waals surface area contributed by atoms with Crippen molar-refractivity contribution in [3.05, 3.63) is 23.4 Å².